The van der Waals surface area contributed by atoms with E-state index in [0.29, 0.717) is 0 Å². The number of hydrogen-bond donors (Lipinski definition) is 1. The smallest absolute Gasteiger partial charge is 0.124 e. The average molecular weight is 368 g/mol. The number of thiophene rings is 1. The standard InChI is InChI=1S/C17H13FOS.C5H8O/c1-10-17(14-4-3-13(18)9-16(14)20-10)12-2-5-15-11(8-12)6-7-19-15;6-4-5-2-1-3-5/h2-5,8-9H,6-7H2,1H3;4,6H,1-3H2. The monoisotopic (exact) mass is 368 g/mol. The third-order valence-corrected chi connectivity index (χ3v) is 6.05. The second-order valence-electron chi connectivity index (χ2n) is 6.74. The minimum atomic E-state index is -0.173. The van der Waals surface area contributed by atoms with Gasteiger partial charge in [-0.25, -0.2) is 4.39 Å². The van der Waals surface area contributed by atoms with Crippen LogP contribution in [0.5, 0.6) is 5.75 Å². The van der Waals surface area contributed by atoms with Crippen molar-refractivity contribution in [2.24, 2.45) is 0 Å². The van der Waals surface area contributed by atoms with Crippen molar-refractivity contribution in [3.8, 4) is 16.9 Å². The lowest BCUT2D eigenvalue weighted by Crippen LogP contribution is -1.94. The Labute approximate surface area is 156 Å². The average Bonchev–Trinajstić information content (AvgIpc) is 3.16. The third-order valence-electron chi connectivity index (χ3n) is 4.98. The Hall–Kier alpha value is -2.33. The molecule has 0 atom stereocenters. The summed E-state index contributed by atoms with van der Waals surface area (Å²) in [6.07, 6.45) is 5.71. The van der Waals surface area contributed by atoms with E-state index in [2.05, 4.69) is 19.1 Å². The summed E-state index contributed by atoms with van der Waals surface area (Å²) in [6.45, 7) is 2.87. The van der Waals surface area contributed by atoms with E-state index in [1.807, 2.05) is 12.1 Å². The molecule has 26 heavy (non-hydrogen) atoms. The highest BCUT2D eigenvalue weighted by Gasteiger charge is 2.16. The van der Waals surface area contributed by atoms with Gasteiger partial charge in [-0.3, -0.25) is 0 Å². The van der Waals surface area contributed by atoms with Crippen LogP contribution in [0.25, 0.3) is 21.2 Å². The van der Waals surface area contributed by atoms with Gasteiger partial charge in [-0.15, -0.1) is 11.3 Å². The zero-order valence-corrected chi connectivity index (χ0v) is 15.5. The molecule has 1 aliphatic heterocycles. The van der Waals surface area contributed by atoms with E-state index < -0.39 is 0 Å². The molecule has 0 spiro atoms. The fourth-order valence-electron chi connectivity index (χ4n) is 3.40. The van der Waals surface area contributed by atoms with Gasteiger partial charge in [-0.2, -0.15) is 0 Å². The molecule has 2 heterocycles. The molecule has 1 aliphatic carbocycles. The molecule has 0 unspecified atom stereocenters. The van der Waals surface area contributed by atoms with Gasteiger partial charge in [0.05, 0.1) is 12.9 Å². The summed E-state index contributed by atoms with van der Waals surface area (Å²) < 4.78 is 19.9. The van der Waals surface area contributed by atoms with E-state index >= 15 is 0 Å². The Morgan fingerprint density at radius 3 is 2.65 bits per heavy atom. The molecule has 0 bridgehead atoms. The summed E-state index contributed by atoms with van der Waals surface area (Å²) in [5.74, 6) is 0.824. The zero-order valence-electron chi connectivity index (χ0n) is 14.7. The highest BCUT2D eigenvalue weighted by atomic mass is 32.1. The maximum atomic E-state index is 13.4. The summed E-state index contributed by atoms with van der Waals surface area (Å²) in [4.78, 5) is 1.23. The number of halogens is 1. The fraction of sp³-hybridized carbons (Fsp3) is 0.273. The lowest BCUT2D eigenvalue weighted by molar-refractivity contribution is 0.357. The van der Waals surface area contributed by atoms with E-state index in [1.54, 1.807) is 17.4 Å². The molecule has 0 radical (unpaired) electrons. The van der Waals surface area contributed by atoms with Crippen LogP contribution in [0, 0.1) is 12.7 Å². The van der Waals surface area contributed by atoms with Crippen LogP contribution in [0.3, 0.4) is 0 Å². The molecule has 1 aromatic heterocycles. The summed E-state index contributed by atoms with van der Waals surface area (Å²) in [5, 5.41) is 9.36. The first kappa shape index (κ1) is 17.1. The van der Waals surface area contributed by atoms with Crippen molar-refractivity contribution in [2.45, 2.75) is 32.6 Å². The highest BCUT2D eigenvalue weighted by molar-refractivity contribution is 7.19. The van der Waals surface area contributed by atoms with Crippen LogP contribution in [0.15, 0.2) is 48.2 Å². The molecule has 0 amide bonds. The quantitative estimate of drug-likeness (QED) is 0.493. The van der Waals surface area contributed by atoms with Crippen molar-refractivity contribution >= 4 is 21.4 Å². The maximum absolute atomic E-state index is 13.4. The fourth-order valence-corrected chi connectivity index (χ4v) is 4.51. The number of aliphatic hydroxyl groups is 1. The van der Waals surface area contributed by atoms with Crippen LogP contribution in [-0.2, 0) is 6.42 Å². The van der Waals surface area contributed by atoms with E-state index in [9.17, 15) is 4.39 Å². The van der Waals surface area contributed by atoms with E-state index in [-0.39, 0.29) is 5.82 Å². The molecule has 134 valence electrons. The van der Waals surface area contributed by atoms with Gasteiger partial charge in [0.15, 0.2) is 0 Å². The van der Waals surface area contributed by atoms with Crippen molar-refractivity contribution in [1.82, 2.24) is 0 Å². The molecular weight excluding hydrogens is 347 g/mol. The molecular formula is C22H21FO2S. The lowest BCUT2D eigenvalue weighted by Gasteiger charge is -2.12. The number of fused-ring (bicyclic) bond motifs is 2. The predicted octanol–water partition coefficient (Wildman–Crippen LogP) is 6.56. The van der Waals surface area contributed by atoms with Crippen molar-refractivity contribution < 1.29 is 14.2 Å². The lowest BCUT2D eigenvalue weighted by atomic mass is 9.94. The van der Waals surface area contributed by atoms with Crippen LogP contribution in [0.1, 0.15) is 29.7 Å². The van der Waals surface area contributed by atoms with Crippen molar-refractivity contribution in [1.29, 1.82) is 0 Å². The number of rotatable bonds is 1. The number of ether oxygens (including phenoxy) is 1. The van der Waals surface area contributed by atoms with E-state index in [1.165, 1.54) is 45.9 Å². The van der Waals surface area contributed by atoms with Crippen LogP contribution in [0.4, 0.5) is 4.39 Å². The molecule has 3 aromatic rings. The van der Waals surface area contributed by atoms with Crippen molar-refractivity contribution in [2.75, 3.05) is 6.61 Å². The van der Waals surface area contributed by atoms with Gasteiger partial charge in [0.2, 0.25) is 0 Å². The van der Waals surface area contributed by atoms with Crippen molar-refractivity contribution in [3.05, 3.63) is 64.5 Å². The Morgan fingerprint density at radius 1 is 1.12 bits per heavy atom. The minimum absolute atomic E-state index is 0.173. The largest absolute Gasteiger partial charge is 0.516 e. The van der Waals surface area contributed by atoms with Gasteiger partial charge in [0.1, 0.15) is 11.6 Å². The summed E-state index contributed by atoms with van der Waals surface area (Å²) in [6, 6.07) is 11.4. The molecule has 2 nitrogen and oxygen atoms in total. The SMILES string of the molecule is Cc1sc2cc(F)ccc2c1-c1ccc2c(c1)CCO2.OC=C1CCC1. The van der Waals surface area contributed by atoms with Crippen molar-refractivity contribution in [3.63, 3.8) is 0 Å². The molecule has 1 saturated carbocycles. The number of aliphatic hydroxyl groups excluding tert-OH is 1. The molecule has 1 N–H and O–H groups in total. The van der Waals surface area contributed by atoms with Crippen LogP contribution >= 0.6 is 11.3 Å². The van der Waals surface area contributed by atoms with Gasteiger partial charge in [-0.1, -0.05) is 6.07 Å². The summed E-state index contributed by atoms with van der Waals surface area (Å²) in [5.41, 5.74) is 4.89. The Kier molecular flexibility index (Phi) is 4.68. The first-order chi connectivity index (χ1) is 12.7. The third kappa shape index (κ3) is 3.21. The highest BCUT2D eigenvalue weighted by Crippen LogP contribution is 2.40. The Bertz CT molecular complexity index is 981. The molecule has 4 heteroatoms. The molecule has 0 saturated heterocycles. The maximum Gasteiger partial charge on any atom is 0.124 e. The van der Waals surface area contributed by atoms with E-state index in [4.69, 9.17) is 9.84 Å². The summed E-state index contributed by atoms with van der Waals surface area (Å²) in [7, 11) is 0. The molecule has 5 rings (SSSR count). The van der Waals surface area contributed by atoms with Gasteiger partial charge in [0, 0.05) is 26.9 Å². The second-order valence-corrected chi connectivity index (χ2v) is 7.99. The van der Waals surface area contributed by atoms with Crippen LogP contribution in [0.2, 0.25) is 0 Å². The van der Waals surface area contributed by atoms with Crippen LogP contribution in [-0.4, -0.2) is 11.7 Å². The Morgan fingerprint density at radius 2 is 1.96 bits per heavy atom. The van der Waals surface area contributed by atoms with Gasteiger partial charge < -0.3 is 9.84 Å². The first-order valence-corrected chi connectivity index (χ1v) is 9.74. The van der Waals surface area contributed by atoms with Gasteiger partial charge in [-0.05, 0) is 73.2 Å². The first-order valence-electron chi connectivity index (χ1n) is 8.92. The number of benzene rings is 2. The number of allylic oxidation sites excluding steroid dienone is 1. The topological polar surface area (TPSA) is 29.5 Å². The molecule has 1 fully saturated rings. The second kappa shape index (κ2) is 7.12. The minimum Gasteiger partial charge on any atom is -0.516 e. The molecule has 2 aliphatic rings. The normalized spacial score (nSPS) is 14.9. The Balaban J connectivity index is 0.000000240. The zero-order chi connectivity index (χ0) is 18.1. The summed E-state index contributed by atoms with van der Waals surface area (Å²) >= 11 is 1.65. The van der Waals surface area contributed by atoms with Gasteiger partial charge in [0.25, 0.3) is 0 Å². The van der Waals surface area contributed by atoms with Crippen LogP contribution < -0.4 is 4.74 Å². The van der Waals surface area contributed by atoms with E-state index in [0.717, 1.165) is 41.7 Å². The molecule has 2 aromatic carbocycles. The number of aryl methyl sites for hydroxylation is 1. The van der Waals surface area contributed by atoms with Gasteiger partial charge >= 0.3 is 0 Å². The predicted molar refractivity (Wildman–Crippen MR) is 106 cm³/mol. The number of hydrogen-bond acceptors (Lipinski definition) is 3.